The van der Waals surface area contributed by atoms with Gasteiger partial charge in [-0.1, -0.05) is 32.4 Å². The molecule has 2 amide bonds. The first-order valence-corrected chi connectivity index (χ1v) is 10.0. The summed E-state index contributed by atoms with van der Waals surface area (Å²) in [4.78, 5) is 27.0. The molecular weight excluding hydrogens is 354 g/mol. The van der Waals surface area contributed by atoms with E-state index in [1.165, 1.54) is 6.26 Å². The van der Waals surface area contributed by atoms with Gasteiger partial charge in [-0.15, -0.1) is 0 Å². The fourth-order valence-electron chi connectivity index (χ4n) is 3.38. The van der Waals surface area contributed by atoms with Crippen molar-refractivity contribution in [3.8, 4) is 0 Å². The van der Waals surface area contributed by atoms with E-state index < -0.39 is 0 Å². The van der Waals surface area contributed by atoms with Crippen molar-refractivity contribution in [2.45, 2.75) is 39.2 Å². The number of nitrogens with one attached hydrogen (secondary N) is 2. The van der Waals surface area contributed by atoms with Crippen molar-refractivity contribution in [1.82, 2.24) is 10.6 Å². The second-order valence-electron chi connectivity index (χ2n) is 7.45. The molecule has 0 radical (unpaired) electrons. The van der Waals surface area contributed by atoms with Gasteiger partial charge in [-0.25, -0.2) is 0 Å². The SMILES string of the molecule is CCC(C)CNC(=O)c1ccccc1N1CCC(NC(=O)c2ccco2)CC1. The number of hydrogen-bond donors (Lipinski definition) is 2. The van der Waals surface area contributed by atoms with E-state index in [0.717, 1.165) is 38.0 Å². The minimum atomic E-state index is -0.173. The van der Waals surface area contributed by atoms with Gasteiger partial charge in [0.2, 0.25) is 0 Å². The maximum Gasteiger partial charge on any atom is 0.287 e. The third kappa shape index (κ3) is 4.94. The van der Waals surface area contributed by atoms with Crippen LogP contribution in [0.25, 0.3) is 0 Å². The van der Waals surface area contributed by atoms with E-state index in [2.05, 4.69) is 29.4 Å². The second kappa shape index (κ2) is 9.44. The Morgan fingerprint density at radius 3 is 2.57 bits per heavy atom. The Labute approximate surface area is 166 Å². The van der Waals surface area contributed by atoms with Crippen LogP contribution < -0.4 is 15.5 Å². The average molecular weight is 383 g/mol. The van der Waals surface area contributed by atoms with Crippen LogP contribution in [-0.4, -0.2) is 37.5 Å². The molecule has 6 heteroatoms. The Bertz CT molecular complexity index is 780. The number of carbonyl (C=O) groups excluding carboxylic acids is 2. The van der Waals surface area contributed by atoms with Gasteiger partial charge in [-0.2, -0.15) is 0 Å². The topological polar surface area (TPSA) is 74.6 Å². The normalized spacial score (nSPS) is 15.9. The van der Waals surface area contributed by atoms with E-state index in [0.29, 0.717) is 23.8 Å². The van der Waals surface area contributed by atoms with Crippen molar-refractivity contribution in [2.24, 2.45) is 5.92 Å². The van der Waals surface area contributed by atoms with Crippen LogP contribution in [0.15, 0.2) is 47.1 Å². The zero-order valence-electron chi connectivity index (χ0n) is 16.6. The van der Waals surface area contributed by atoms with Gasteiger partial charge in [-0.05, 0) is 43.0 Å². The molecule has 1 fully saturated rings. The van der Waals surface area contributed by atoms with Crippen LogP contribution >= 0.6 is 0 Å². The summed E-state index contributed by atoms with van der Waals surface area (Å²) in [5.74, 6) is 0.604. The average Bonchev–Trinajstić information content (AvgIpc) is 3.27. The number of anilines is 1. The Hall–Kier alpha value is -2.76. The highest BCUT2D eigenvalue weighted by molar-refractivity contribution is 5.99. The van der Waals surface area contributed by atoms with Crippen LogP contribution in [0.2, 0.25) is 0 Å². The molecule has 6 nitrogen and oxygen atoms in total. The highest BCUT2D eigenvalue weighted by Crippen LogP contribution is 2.24. The summed E-state index contributed by atoms with van der Waals surface area (Å²) in [5.41, 5.74) is 1.67. The fourth-order valence-corrected chi connectivity index (χ4v) is 3.38. The number of carbonyl (C=O) groups is 2. The van der Waals surface area contributed by atoms with Gasteiger partial charge in [0.25, 0.3) is 11.8 Å². The van der Waals surface area contributed by atoms with E-state index in [1.807, 2.05) is 24.3 Å². The number of para-hydroxylation sites is 1. The zero-order valence-corrected chi connectivity index (χ0v) is 16.6. The smallest absolute Gasteiger partial charge is 0.287 e. The summed E-state index contributed by atoms with van der Waals surface area (Å²) in [6.45, 7) is 6.52. The minimum absolute atomic E-state index is 0.0239. The summed E-state index contributed by atoms with van der Waals surface area (Å²) in [6, 6.07) is 11.2. The van der Waals surface area contributed by atoms with E-state index in [1.54, 1.807) is 12.1 Å². The molecule has 150 valence electrons. The highest BCUT2D eigenvalue weighted by atomic mass is 16.3. The van der Waals surface area contributed by atoms with Crippen LogP contribution in [0.1, 0.15) is 54.0 Å². The fraction of sp³-hybridized carbons (Fsp3) is 0.455. The number of benzene rings is 1. The lowest BCUT2D eigenvalue weighted by Gasteiger charge is -2.34. The molecule has 1 saturated heterocycles. The lowest BCUT2D eigenvalue weighted by atomic mass is 10.0. The molecule has 0 bridgehead atoms. The number of amides is 2. The number of rotatable bonds is 7. The molecule has 0 spiro atoms. The van der Waals surface area contributed by atoms with Gasteiger partial charge < -0.3 is 20.0 Å². The van der Waals surface area contributed by atoms with Gasteiger partial charge in [0.15, 0.2) is 5.76 Å². The van der Waals surface area contributed by atoms with Crippen LogP contribution in [0.5, 0.6) is 0 Å². The molecule has 1 aliphatic heterocycles. The Morgan fingerprint density at radius 2 is 1.89 bits per heavy atom. The van der Waals surface area contributed by atoms with E-state index in [9.17, 15) is 9.59 Å². The lowest BCUT2D eigenvalue weighted by Crippen LogP contribution is -2.45. The molecule has 2 heterocycles. The van der Waals surface area contributed by atoms with Gasteiger partial charge >= 0.3 is 0 Å². The third-order valence-electron chi connectivity index (χ3n) is 5.37. The molecule has 1 aromatic heterocycles. The lowest BCUT2D eigenvalue weighted by molar-refractivity contribution is 0.0902. The van der Waals surface area contributed by atoms with Crippen molar-refractivity contribution >= 4 is 17.5 Å². The van der Waals surface area contributed by atoms with Gasteiger partial charge in [0, 0.05) is 31.4 Å². The van der Waals surface area contributed by atoms with Gasteiger partial charge in [0.1, 0.15) is 0 Å². The zero-order chi connectivity index (χ0) is 19.9. The Morgan fingerprint density at radius 1 is 1.14 bits per heavy atom. The summed E-state index contributed by atoms with van der Waals surface area (Å²) in [5, 5.41) is 6.08. The van der Waals surface area contributed by atoms with Crippen molar-refractivity contribution in [1.29, 1.82) is 0 Å². The monoisotopic (exact) mass is 383 g/mol. The van der Waals surface area contributed by atoms with Crippen LogP contribution in [0.4, 0.5) is 5.69 Å². The molecule has 0 aliphatic carbocycles. The summed E-state index contributed by atoms with van der Waals surface area (Å²) in [7, 11) is 0. The van der Waals surface area contributed by atoms with Crippen LogP contribution in [-0.2, 0) is 0 Å². The molecule has 28 heavy (non-hydrogen) atoms. The summed E-state index contributed by atoms with van der Waals surface area (Å²) < 4.78 is 5.15. The number of furan rings is 1. The maximum absolute atomic E-state index is 12.7. The van der Waals surface area contributed by atoms with Crippen LogP contribution in [0.3, 0.4) is 0 Å². The van der Waals surface area contributed by atoms with Crippen molar-refractivity contribution in [3.05, 3.63) is 54.0 Å². The first-order chi connectivity index (χ1) is 13.6. The van der Waals surface area contributed by atoms with Gasteiger partial charge in [0.05, 0.1) is 11.8 Å². The molecule has 1 atom stereocenters. The Kier molecular flexibility index (Phi) is 6.74. The molecule has 0 saturated carbocycles. The molecule has 2 aromatic rings. The number of piperidine rings is 1. The van der Waals surface area contributed by atoms with Gasteiger partial charge in [-0.3, -0.25) is 9.59 Å². The summed E-state index contributed by atoms with van der Waals surface area (Å²) >= 11 is 0. The van der Waals surface area contributed by atoms with E-state index in [-0.39, 0.29) is 17.9 Å². The predicted molar refractivity (Wildman–Crippen MR) is 110 cm³/mol. The summed E-state index contributed by atoms with van der Waals surface area (Å²) in [6.07, 6.45) is 4.20. The minimum Gasteiger partial charge on any atom is -0.459 e. The van der Waals surface area contributed by atoms with Crippen molar-refractivity contribution < 1.29 is 14.0 Å². The quantitative estimate of drug-likeness (QED) is 0.768. The van der Waals surface area contributed by atoms with Crippen LogP contribution in [0, 0.1) is 5.92 Å². The second-order valence-corrected chi connectivity index (χ2v) is 7.45. The maximum atomic E-state index is 12.7. The molecular formula is C22H29N3O3. The molecule has 2 N–H and O–H groups in total. The highest BCUT2D eigenvalue weighted by Gasteiger charge is 2.24. The first kappa shape index (κ1) is 20.0. The predicted octanol–water partition coefficient (Wildman–Crippen LogP) is 3.45. The Balaban J connectivity index is 1.58. The van der Waals surface area contributed by atoms with E-state index in [4.69, 9.17) is 4.42 Å². The molecule has 3 rings (SSSR count). The first-order valence-electron chi connectivity index (χ1n) is 10.0. The number of nitrogens with zero attached hydrogens (tertiary/aromatic N) is 1. The standard InChI is InChI=1S/C22H29N3O3/c1-3-16(2)15-23-21(26)18-7-4-5-8-19(18)25-12-10-17(11-13-25)24-22(27)20-9-6-14-28-20/h4-9,14,16-17H,3,10-13,15H2,1-2H3,(H,23,26)(H,24,27). The third-order valence-corrected chi connectivity index (χ3v) is 5.37. The largest absolute Gasteiger partial charge is 0.459 e. The number of hydrogen-bond acceptors (Lipinski definition) is 4. The molecule has 1 unspecified atom stereocenters. The molecule has 1 aromatic carbocycles. The van der Waals surface area contributed by atoms with E-state index >= 15 is 0 Å². The molecule has 1 aliphatic rings. The van der Waals surface area contributed by atoms with Crippen molar-refractivity contribution in [2.75, 3.05) is 24.5 Å². The van der Waals surface area contributed by atoms with Crippen molar-refractivity contribution in [3.63, 3.8) is 0 Å².